The Bertz CT molecular complexity index is 1250. The van der Waals surface area contributed by atoms with Gasteiger partial charge < -0.3 is 10.2 Å². The van der Waals surface area contributed by atoms with Crippen molar-refractivity contribution in [3.05, 3.63) is 63.6 Å². The number of hydrogen-bond donors (Lipinski definition) is 1. The van der Waals surface area contributed by atoms with E-state index >= 15 is 0 Å². The number of rotatable bonds is 9. The Morgan fingerprint density at radius 2 is 1.56 bits per heavy atom. The van der Waals surface area contributed by atoms with Gasteiger partial charge in [0.25, 0.3) is 0 Å². The first kappa shape index (κ1) is 31.2. The van der Waals surface area contributed by atoms with Crippen LogP contribution in [0.4, 0.5) is 5.69 Å². The van der Waals surface area contributed by atoms with Crippen molar-refractivity contribution in [1.29, 1.82) is 0 Å². The number of hydrogen-bond acceptors (Lipinski definition) is 4. The van der Waals surface area contributed by atoms with E-state index in [0.29, 0.717) is 21.3 Å². The van der Waals surface area contributed by atoms with Crippen molar-refractivity contribution in [2.24, 2.45) is 0 Å². The summed E-state index contributed by atoms with van der Waals surface area (Å²) in [5.41, 5.74) is 1.78. The average Bonchev–Trinajstić information content (AvgIpc) is 2.86. The predicted octanol–water partition coefficient (Wildman–Crippen LogP) is 5.92. The van der Waals surface area contributed by atoms with Crippen LogP contribution in [-0.4, -0.2) is 50.0 Å². The van der Waals surface area contributed by atoms with E-state index in [1.54, 1.807) is 37.3 Å². The monoisotopic (exact) mass is 595 g/mol. The van der Waals surface area contributed by atoms with Crippen LogP contribution in [0, 0.1) is 0 Å². The third-order valence-corrected chi connectivity index (χ3v) is 9.06. The van der Waals surface area contributed by atoms with E-state index in [0.717, 1.165) is 48.2 Å². The number of anilines is 1. The van der Waals surface area contributed by atoms with Crippen molar-refractivity contribution in [1.82, 2.24) is 10.2 Å². The Balaban J connectivity index is 1.92. The van der Waals surface area contributed by atoms with Gasteiger partial charge >= 0.3 is 0 Å². The molecule has 0 radical (unpaired) electrons. The molecule has 2 aromatic carbocycles. The van der Waals surface area contributed by atoms with Crippen LogP contribution in [0.15, 0.2) is 42.5 Å². The maximum atomic E-state index is 13.8. The first-order valence-electron chi connectivity index (χ1n) is 13.3. The average molecular weight is 597 g/mol. The van der Waals surface area contributed by atoms with Crippen LogP contribution in [0.2, 0.25) is 10.0 Å². The van der Waals surface area contributed by atoms with E-state index in [4.69, 9.17) is 23.2 Å². The van der Waals surface area contributed by atoms with Gasteiger partial charge in [0, 0.05) is 28.2 Å². The molecule has 0 heterocycles. The van der Waals surface area contributed by atoms with E-state index in [1.807, 2.05) is 12.1 Å². The summed E-state index contributed by atoms with van der Waals surface area (Å²) in [7, 11) is -3.82. The number of halogens is 2. The number of nitrogens with one attached hydrogen (secondary N) is 1. The Morgan fingerprint density at radius 1 is 1.00 bits per heavy atom. The number of amides is 2. The molecule has 1 aliphatic rings. The Kier molecular flexibility index (Phi) is 10.3. The van der Waals surface area contributed by atoms with Gasteiger partial charge in [-0.2, -0.15) is 0 Å². The Morgan fingerprint density at radius 3 is 2.08 bits per heavy atom. The standard InChI is InChI=1S/C29H39Cl2N3O4S/c1-20(28(36)32-22-10-7-6-8-11-22)33(18-24-25(30)12-9-13-26(24)31)27(35)19-34(39(5,37)38)23-16-14-21(15-17-23)29(2,3)4/h9,12-17,20,22H,6-8,10-11,18-19H2,1-5H3,(H,32,36)/t20-/m0/s1. The van der Waals surface area contributed by atoms with Gasteiger partial charge in [0.15, 0.2) is 0 Å². The molecule has 3 rings (SSSR count). The number of nitrogens with zero attached hydrogens (tertiary/aromatic N) is 2. The summed E-state index contributed by atoms with van der Waals surface area (Å²) in [6.45, 7) is 7.32. The van der Waals surface area contributed by atoms with E-state index in [9.17, 15) is 18.0 Å². The maximum absolute atomic E-state index is 13.8. The summed E-state index contributed by atoms with van der Waals surface area (Å²) >= 11 is 12.8. The summed E-state index contributed by atoms with van der Waals surface area (Å²) in [5.74, 6) is -0.832. The second-order valence-electron chi connectivity index (χ2n) is 11.3. The lowest BCUT2D eigenvalue weighted by Crippen LogP contribution is -2.53. The third kappa shape index (κ3) is 8.35. The third-order valence-electron chi connectivity index (χ3n) is 7.21. The largest absolute Gasteiger partial charge is 0.352 e. The van der Waals surface area contributed by atoms with E-state index in [-0.39, 0.29) is 23.9 Å². The summed E-state index contributed by atoms with van der Waals surface area (Å²) in [4.78, 5) is 28.5. The molecule has 214 valence electrons. The lowest BCUT2D eigenvalue weighted by molar-refractivity contribution is -0.139. The number of carbonyl (C=O) groups is 2. The first-order chi connectivity index (χ1) is 18.2. The summed E-state index contributed by atoms with van der Waals surface area (Å²) in [5, 5.41) is 3.79. The smallest absolute Gasteiger partial charge is 0.244 e. The van der Waals surface area contributed by atoms with Gasteiger partial charge in [-0.1, -0.05) is 81.4 Å². The molecule has 0 aliphatic heterocycles. The van der Waals surface area contributed by atoms with Crippen molar-refractivity contribution >= 4 is 50.7 Å². The maximum Gasteiger partial charge on any atom is 0.244 e. The molecular weight excluding hydrogens is 557 g/mol. The quantitative estimate of drug-likeness (QED) is 0.389. The van der Waals surface area contributed by atoms with Crippen LogP contribution >= 0.6 is 23.2 Å². The van der Waals surface area contributed by atoms with Crippen LogP contribution in [-0.2, 0) is 31.6 Å². The molecule has 0 saturated heterocycles. The fourth-order valence-corrected chi connectivity index (χ4v) is 6.11. The lowest BCUT2D eigenvalue weighted by atomic mass is 9.87. The fraction of sp³-hybridized carbons (Fsp3) is 0.517. The highest BCUT2D eigenvalue weighted by Gasteiger charge is 2.32. The van der Waals surface area contributed by atoms with E-state index < -0.39 is 28.5 Å². The molecule has 2 amide bonds. The molecule has 2 aromatic rings. The normalized spacial score (nSPS) is 15.5. The second-order valence-corrected chi connectivity index (χ2v) is 14.0. The minimum absolute atomic E-state index is 0.0445. The molecule has 1 aliphatic carbocycles. The summed E-state index contributed by atoms with van der Waals surface area (Å²) in [6, 6.07) is 11.3. The van der Waals surface area contributed by atoms with Gasteiger partial charge in [-0.3, -0.25) is 13.9 Å². The molecule has 39 heavy (non-hydrogen) atoms. The minimum atomic E-state index is -3.82. The molecule has 0 spiro atoms. The molecule has 1 atom stereocenters. The van der Waals surface area contributed by atoms with Gasteiger partial charge in [0.2, 0.25) is 21.8 Å². The van der Waals surface area contributed by atoms with Crippen LogP contribution in [0.5, 0.6) is 0 Å². The van der Waals surface area contributed by atoms with Crippen LogP contribution in [0.25, 0.3) is 0 Å². The Hall–Kier alpha value is -2.29. The van der Waals surface area contributed by atoms with Crippen molar-refractivity contribution in [2.75, 3.05) is 17.1 Å². The highest BCUT2D eigenvalue weighted by molar-refractivity contribution is 7.92. The predicted molar refractivity (Wildman–Crippen MR) is 159 cm³/mol. The van der Waals surface area contributed by atoms with E-state index in [2.05, 4.69) is 26.1 Å². The van der Waals surface area contributed by atoms with E-state index in [1.165, 1.54) is 4.90 Å². The molecular formula is C29H39Cl2N3O4S. The molecule has 0 aromatic heterocycles. The molecule has 10 heteroatoms. The zero-order valence-electron chi connectivity index (χ0n) is 23.3. The molecule has 1 fully saturated rings. The van der Waals surface area contributed by atoms with Gasteiger partial charge in [0.05, 0.1) is 11.9 Å². The Labute approximate surface area is 242 Å². The molecule has 7 nitrogen and oxygen atoms in total. The molecule has 0 unspecified atom stereocenters. The highest BCUT2D eigenvalue weighted by Crippen LogP contribution is 2.29. The number of sulfonamides is 1. The second kappa shape index (κ2) is 12.9. The van der Waals surface area contributed by atoms with Gasteiger partial charge in [0.1, 0.15) is 12.6 Å². The zero-order valence-corrected chi connectivity index (χ0v) is 25.7. The molecule has 1 N–H and O–H groups in total. The fourth-order valence-electron chi connectivity index (χ4n) is 4.75. The molecule has 0 bridgehead atoms. The van der Waals surface area contributed by atoms with Gasteiger partial charge in [-0.15, -0.1) is 0 Å². The molecule has 1 saturated carbocycles. The summed E-state index contributed by atoms with van der Waals surface area (Å²) < 4.78 is 26.7. The van der Waals surface area contributed by atoms with Crippen molar-refractivity contribution in [2.45, 2.75) is 83.8 Å². The SMILES string of the molecule is C[C@@H](C(=O)NC1CCCCC1)N(Cc1c(Cl)cccc1Cl)C(=O)CN(c1ccc(C(C)(C)C)cc1)S(C)(=O)=O. The van der Waals surface area contributed by atoms with Crippen molar-refractivity contribution in [3.8, 4) is 0 Å². The number of benzene rings is 2. The zero-order chi connectivity index (χ0) is 29.0. The van der Waals surface area contributed by atoms with Crippen LogP contribution in [0.1, 0.15) is 70.9 Å². The van der Waals surface area contributed by atoms with Gasteiger partial charge in [-0.25, -0.2) is 8.42 Å². The van der Waals surface area contributed by atoms with Gasteiger partial charge in [-0.05, 0) is 55.0 Å². The minimum Gasteiger partial charge on any atom is -0.352 e. The highest BCUT2D eigenvalue weighted by atomic mass is 35.5. The summed E-state index contributed by atoms with van der Waals surface area (Å²) in [6.07, 6.45) is 6.11. The topological polar surface area (TPSA) is 86.8 Å². The van der Waals surface area contributed by atoms with Crippen molar-refractivity contribution < 1.29 is 18.0 Å². The van der Waals surface area contributed by atoms with Crippen molar-refractivity contribution in [3.63, 3.8) is 0 Å². The van der Waals surface area contributed by atoms with Crippen LogP contribution in [0.3, 0.4) is 0 Å². The first-order valence-corrected chi connectivity index (χ1v) is 15.9. The van der Waals surface area contributed by atoms with Crippen LogP contribution < -0.4 is 9.62 Å². The number of carbonyl (C=O) groups excluding carboxylic acids is 2. The lowest BCUT2D eigenvalue weighted by Gasteiger charge is -2.33.